The van der Waals surface area contributed by atoms with Crippen molar-refractivity contribution in [2.75, 3.05) is 0 Å². The SMILES string of the molecule is C#CC(C)(CCC)OC(=O)O. The fourth-order valence-electron chi connectivity index (χ4n) is 0.822. The van der Waals surface area contributed by atoms with Crippen molar-refractivity contribution in [3.05, 3.63) is 0 Å². The van der Waals surface area contributed by atoms with Crippen LogP contribution in [-0.4, -0.2) is 16.9 Å². The van der Waals surface area contributed by atoms with Crippen molar-refractivity contribution in [2.24, 2.45) is 0 Å². The van der Waals surface area contributed by atoms with Crippen LogP contribution in [0.3, 0.4) is 0 Å². The Hall–Kier alpha value is -1.17. The summed E-state index contributed by atoms with van der Waals surface area (Å²) < 4.78 is 4.51. The van der Waals surface area contributed by atoms with Crippen molar-refractivity contribution < 1.29 is 14.6 Å². The Bertz CT molecular complexity index is 180. The van der Waals surface area contributed by atoms with Crippen molar-refractivity contribution in [1.29, 1.82) is 0 Å². The van der Waals surface area contributed by atoms with Crippen LogP contribution in [0.25, 0.3) is 0 Å². The van der Waals surface area contributed by atoms with Gasteiger partial charge in [-0.15, -0.1) is 6.42 Å². The molecule has 0 aliphatic heterocycles. The highest BCUT2D eigenvalue weighted by Crippen LogP contribution is 2.16. The van der Waals surface area contributed by atoms with E-state index in [2.05, 4.69) is 10.7 Å². The van der Waals surface area contributed by atoms with Crippen molar-refractivity contribution in [1.82, 2.24) is 0 Å². The molecule has 0 saturated carbocycles. The van der Waals surface area contributed by atoms with Crippen molar-refractivity contribution in [2.45, 2.75) is 32.3 Å². The van der Waals surface area contributed by atoms with Gasteiger partial charge in [0.15, 0.2) is 5.60 Å². The van der Waals surface area contributed by atoms with E-state index in [1.54, 1.807) is 6.92 Å². The van der Waals surface area contributed by atoms with Gasteiger partial charge in [0.05, 0.1) is 0 Å². The Morgan fingerprint density at radius 1 is 1.82 bits per heavy atom. The molecule has 0 radical (unpaired) electrons. The van der Waals surface area contributed by atoms with E-state index in [0.717, 1.165) is 6.42 Å². The molecule has 1 unspecified atom stereocenters. The Balaban J connectivity index is 4.13. The average Bonchev–Trinajstić information content (AvgIpc) is 1.87. The van der Waals surface area contributed by atoms with E-state index in [-0.39, 0.29) is 0 Å². The second-order valence-electron chi connectivity index (χ2n) is 2.49. The summed E-state index contributed by atoms with van der Waals surface area (Å²) in [4.78, 5) is 10.1. The summed E-state index contributed by atoms with van der Waals surface area (Å²) >= 11 is 0. The summed E-state index contributed by atoms with van der Waals surface area (Å²) in [6, 6.07) is 0. The van der Waals surface area contributed by atoms with Gasteiger partial charge in [-0.05, 0) is 13.3 Å². The third-order valence-corrected chi connectivity index (χ3v) is 1.34. The van der Waals surface area contributed by atoms with Crippen LogP contribution >= 0.6 is 0 Å². The maximum Gasteiger partial charge on any atom is 0.507 e. The number of rotatable bonds is 3. The summed E-state index contributed by atoms with van der Waals surface area (Å²) in [5.41, 5.74) is -0.958. The van der Waals surface area contributed by atoms with Gasteiger partial charge < -0.3 is 9.84 Å². The van der Waals surface area contributed by atoms with Gasteiger partial charge in [-0.1, -0.05) is 19.3 Å². The number of ether oxygens (including phenoxy) is 1. The molecule has 0 spiro atoms. The minimum absolute atomic E-state index is 0.551. The van der Waals surface area contributed by atoms with Crippen molar-refractivity contribution in [3.63, 3.8) is 0 Å². The number of carbonyl (C=O) groups is 1. The first-order valence-electron chi connectivity index (χ1n) is 3.44. The first-order chi connectivity index (χ1) is 5.04. The van der Waals surface area contributed by atoms with Gasteiger partial charge in [-0.25, -0.2) is 4.79 Å². The highest BCUT2D eigenvalue weighted by Gasteiger charge is 2.24. The van der Waals surface area contributed by atoms with E-state index in [4.69, 9.17) is 11.5 Å². The number of terminal acetylenes is 1. The molecule has 0 rings (SSSR count). The van der Waals surface area contributed by atoms with E-state index in [1.165, 1.54) is 0 Å². The quantitative estimate of drug-likeness (QED) is 0.501. The van der Waals surface area contributed by atoms with Gasteiger partial charge in [0, 0.05) is 0 Å². The molecule has 0 bridgehead atoms. The predicted molar refractivity (Wildman–Crippen MR) is 41.3 cm³/mol. The van der Waals surface area contributed by atoms with Gasteiger partial charge in [-0.3, -0.25) is 0 Å². The lowest BCUT2D eigenvalue weighted by Gasteiger charge is -2.20. The molecule has 0 aliphatic carbocycles. The minimum atomic E-state index is -1.32. The number of hydrogen-bond donors (Lipinski definition) is 1. The molecule has 0 saturated heterocycles. The highest BCUT2D eigenvalue weighted by atomic mass is 16.7. The minimum Gasteiger partial charge on any atom is -0.450 e. The Labute approximate surface area is 66.4 Å². The molecular weight excluding hydrogens is 144 g/mol. The Morgan fingerprint density at radius 3 is 2.64 bits per heavy atom. The zero-order chi connectivity index (χ0) is 8.91. The van der Waals surface area contributed by atoms with E-state index >= 15 is 0 Å². The fourth-order valence-corrected chi connectivity index (χ4v) is 0.822. The number of carboxylic acid groups (broad SMARTS) is 1. The van der Waals surface area contributed by atoms with Crippen LogP contribution in [0.15, 0.2) is 0 Å². The van der Waals surface area contributed by atoms with Crippen LogP contribution in [0.4, 0.5) is 4.79 Å². The molecule has 0 aromatic rings. The molecule has 0 fully saturated rings. The normalized spacial score (nSPS) is 14.6. The zero-order valence-electron chi connectivity index (χ0n) is 6.76. The molecule has 0 aromatic carbocycles. The van der Waals surface area contributed by atoms with Gasteiger partial charge in [0.2, 0.25) is 0 Å². The Kier molecular flexibility index (Phi) is 3.46. The molecule has 1 N–H and O–H groups in total. The summed E-state index contributed by atoms with van der Waals surface area (Å²) in [5, 5.41) is 8.29. The molecule has 0 heterocycles. The van der Waals surface area contributed by atoms with Crippen molar-refractivity contribution >= 4 is 6.16 Å². The second-order valence-corrected chi connectivity index (χ2v) is 2.49. The first kappa shape index (κ1) is 9.83. The van der Waals surface area contributed by atoms with Crippen LogP contribution in [0.5, 0.6) is 0 Å². The fraction of sp³-hybridized carbons (Fsp3) is 0.625. The maximum atomic E-state index is 10.1. The summed E-state index contributed by atoms with van der Waals surface area (Å²) in [5.74, 6) is 2.31. The van der Waals surface area contributed by atoms with Gasteiger partial charge in [-0.2, -0.15) is 0 Å². The second kappa shape index (κ2) is 3.87. The molecule has 11 heavy (non-hydrogen) atoms. The summed E-state index contributed by atoms with van der Waals surface area (Å²) in [7, 11) is 0. The van der Waals surface area contributed by atoms with Gasteiger partial charge in [0.1, 0.15) is 0 Å². The summed E-state index contributed by atoms with van der Waals surface area (Å²) in [6.45, 7) is 3.51. The molecule has 0 amide bonds. The molecular formula is C8H12O3. The molecule has 3 nitrogen and oxygen atoms in total. The first-order valence-corrected chi connectivity index (χ1v) is 3.44. The van der Waals surface area contributed by atoms with Crippen LogP contribution < -0.4 is 0 Å². The van der Waals surface area contributed by atoms with E-state index in [9.17, 15) is 4.79 Å². The van der Waals surface area contributed by atoms with E-state index < -0.39 is 11.8 Å². The standard InChI is InChI=1S/C8H12O3/c1-4-6-8(3,5-2)11-7(9)10/h2H,4,6H2,1,3H3,(H,9,10). The lowest BCUT2D eigenvalue weighted by atomic mass is 10.0. The van der Waals surface area contributed by atoms with Crippen LogP contribution in [-0.2, 0) is 4.74 Å². The largest absolute Gasteiger partial charge is 0.507 e. The van der Waals surface area contributed by atoms with Crippen LogP contribution in [0, 0.1) is 12.3 Å². The van der Waals surface area contributed by atoms with Crippen LogP contribution in [0.2, 0.25) is 0 Å². The maximum absolute atomic E-state index is 10.1. The van der Waals surface area contributed by atoms with Crippen LogP contribution in [0.1, 0.15) is 26.7 Å². The molecule has 3 heteroatoms. The topological polar surface area (TPSA) is 46.5 Å². The van der Waals surface area contributed by atoms with Gasteiger partial charge >= 0.3 is 6.16 Å². The third kappa shape index (κ3) is 3.51. The van der Waals surface area contributed by atoms with E-state index in [0.29, 0.717) is 6.42 Å². The summed E-state index contributed by atoms with van der Waals surface area (Å²) in [6.07, 6.45) is 5.13. The zero-order valence-corrected chi connectivity index (χ0v) is 6.76. The number of hydrogen-bond acceptors (Lipinski definition) is 2. The highest BCUT2D eigenvalue weighted by molar-refractivity contribution is 5.58. The van der Waals surface area contributed by atoms with E-state index in [1.807, 2.05) is 6.92 Å². The smallest absolute Gasteiger partial charge is 0.450 e. The average molecular weight is 156 g/mol. The molecule has 0 aliphatic rings. The lowest BCUT2D eigenvalue weighted by molar-refractivity contribution is 0.0214. The molecule has 62 valence electrons. The van der Waals surface area contributed by atoms with Crippen molar-refractivity contribution in [3.8, 4) is 12.3 Å². The third-order valence-electron chi connectivity index (χ3n) is 1.34. The molecule has 1 atom stereocenters. The predicted octanol–water partition coefficient (Wildman–Crippen LogP) is 1.87. The molecule has 0 aromatic heterocycles. The lowest BCUT2D eigenvalue weighted by Crippen LogP contribution is -2.28. The van der Waals surface area contributed by atoms with Gasteiger partial charge in [0.25, 0.3) is 0 Å². The Morgan fingerprint density at radius 2 is 2.36 bits per heavy atom. The monoisotopic (exact) mass is 156 g/mol.